The van der Waals surface area contributed by atoms with Crippen LogP contribution in [-0.4, -0.2) is 47.9 Å². The summed E-state index contributed by atoms with van der Waals surface area (Å²) in [6.45, 7) is 3.88. The predicted molar refractivity (Wildman–Crippen MR) is 98.1 cm³/mol. The van der Waals surface area contributed by atoms with Gasteiger partial charge in [0.2, 0.25) is 5.91 Å². The molecule has 1 heterocycles. The molecule has 24 heavy (non-hydrogen) atoms. The third kappa shape index (κ3) is 3.32. The van der Waals surface area contributed by atoms with E-state index in [1.165, 1.54) is 36.5 Å². The molecular weight excluding hydrogens is 296 g/mol. The molecule has 0 N–H and O–H groups in total. The Morgan fingerprint density at radius 1 is 0.917 bits per heavy atom. The summed E-state index contributed by atoms with van der Waals surface area (Å²) >= 11 is 0. The van der Waals surface area contributed by atoms with Crippen LogP contribution < -0.4 is 0 Å². The Morgan fingerprint density at radius 3 is 2.38 bits per heavy atom. The number of hydrogen-bond acceptors (Lipinski definition) is 2. The van der Waals surface area contributed by atoms with Gasteiger partial charge in [-0.25, -0.2) is 0 Å². The Labute approximate surface area is 144 Å². The molecule has 3 nitrogen and oxygen atoms in total. The molecule has 0 aromatic heterocycles. The van der Waals surface area contributed by atoms with E-state index in [2.05, 4.69) is 52.3 Å². The standard InChI is InChI=1S/C21H26N2O/c24-21(16-17-9-10-18-5-1-2-6-19(18)15-17)23-13-11-22(12-14-23)20-7-3-4-8-20/h1-2,5-6,9-10,15,20H,3-4,7-8,11-14,16H2. The summed E-state index contributed by atoms with van der Waals surface area (Å²) in [7, 11) is 0. The molecule has 2 aromatic rings. The lowest BCUT2D eigenvalue weighted by molar-refractivity contribution is -0.132. The van der Waals surface area contributed by atoms with Crippen molar-refractivity contribution in [3.05, 3.63) is 48.0 Å². The van der Waals surface area contributed by atoms with Crippen molar-refractivity contribution < 1.29 is 4.79 Å². The van der Waals surface area contributed by atoms with E-state index in [9.17, 15) is 4.79 Å². The molecule has 0 spiro atoms. The van der Waals surface area contributed by atoms with Crippen molar-refractivity contribution in [3.63, 3.8) is 0 Å². The second-order valence-electron chi connectivity index (χ2n) is 7.21. The van der Waals surface area contributed by atoms with E-state index < -0.39 is 0 Å². The fourth-order valence-corrected chi connectivity index (χ4v) is 4.24. The molecule has 4 rings (SSSR count). The average Bonchev–Trinajstić information content (AvgIpc) is 3.16. The molecule has 1 aliphatic carbocycles. The van der Waals surface area contributed by atoms with Crippen LogP contribution >= 0.6 is 0 Å². The first-order chi connectivity index (χ1) is 11.8. The summed E-state index contributed by atoms with van der Waals surface area (Å²) in [6, 6.07) is 15.5. The minimum atomic E-state index is 0.274. The van der Waals surface area contributed by atoms with Gasteiger partial charge in [0, 0.05) is 32.2 Å². The van der Waals surface area contributed by atoms with E-state index in [0.29, 0.717) is 6.42 Å². The monoisotopic (exact) mass is 322 g/mol. The third-order valence-electron chi connectivity index (χ3n) is 5.68. The minimum Gasteiger partial charge on any atom is -0.340 e. The molecule has 0 bridgehead atoms. The smallest absolute Gasteiger partial charge is 0.227 e. The molecule has 1 saturated carbocycles. The van der Waals surface area contributed by atoms with Gasteiger partial charge in [-0.3, -0.25) is 9.69 Å². The van der Waals surface area contributed by atoms with Gasteiger partial charge in [0.05, 0.1) is 6.42 Å². The second-order valence-corrected chi connectivity index (χ2v) is 7.21. The topological polar surface area (TPSA) is 23.6 Å². The van der Waals surface area contributed by atoms with Gasteiger partial charge < -0.3 is 4.90 Å². The van der Waals surface area contributed by atoms with Gasteiger partial charge in [0.25, 0.3) is 0 Å². The quantitative estimate of drug-likeness (QED) is 0.864. The molecule has 1 aliphatic heterocycles. The van der Waals surface area contributed by atoms with Crippen molar-refractivity contribution in [2.75, 3.05) is 26.2 Å². The van der Waals surface area contributed by atoms with E-state index in [1.807, 2.05) is 0 Å². The Hall–Kier alpha value is -1.87. The number of nitrogens with zero attached hydrogens (tertiary/aromatic N) is 2. The van der Waals surface area contributed by atoms with Crippen LogP contribution in [0.2, 0.25) is 0 Å². The first-order valence-corrected chi connectivity index (χ1v) is 9.29. The summed E-state index contributed by atoms with van der Waals surface area (Å²) in [5.41, 5.74) is 1.12. The van der Waals surface area contributed by atoms with Gasteiger partial charge in [-0.05, 0) is 29.2 Å². The maximum absolute atomic E-state index is 12.6. The van der Waals surface area contributed by atoms with Crippen molar-refractivity contribution in [1.29, 1.82) is 0 Å². The Bertz CT molecular complexity index is 713. The number of carbonyl (C=O) groups excluding carboxylic acids is 1. The van der Waals surface area contributed by atoms with Crippen LogP contribution in [0.1, 0.15) is 31.2 Å². The maximum atomic E-state index is 12.6. The Morgan fingerprint density at radius 2 is 1.62 bits per heavy atom. The van der Waals surface area contributed by atoms with Gasteiger partial charge in [-0.1, -0.05) is 55.3 Å². The van der Waals surface area contributed by atoms with Gasteiger partial charge in [0.1, 0.15) is 0 Å². The zero-order chi connectivity index (χ0) is 16.4. The van der Waals surface area contributed by atoms with Gasteiger partial charge in [-0.15, -0.1) is 0 Å². The summed E-state index contributed by atoms with van der Waals surface area (Å²) < 4.78 is 0. The van der Waals surface area contributed by atoms with Crippen LogP contribution in [0.25, 0.3) is 10.8 Å². The molecular formula is C21H26N2O. The van der Waals surface area contributed by atoms with Crippen LogP contribution in [0.3, 0.4) is 0 Å². The fourth-order valence-electron chi connectivity index (χ4n) is 4.24. The maximum Gasteiger partial charge on any atom is 0.227 e. The molecule has 1 amide bonds. The SMILES string of the molecule is O=C(Cc1ccc2ccccc2c1)N1CCN(C2CCCC2)CC1. The largest absolute Gasteiger partial charge is 0.340 e. The number of rotatable bonds is 3. The lowest BCUT2D eigenvalue weighted by Crippen LogP contribution is -2.51. The Kier molecular flexibility index (Phi) is 4.52. The first-order valence-electron chi connectivity index (χ1n) is 9.29. The first kappa shape index (κ1) is 15.6. The normalized spacial score (nSPS) is 19.9. The van der Waals surface area contributed by atoms with E-state index >= 15 is 0 Å². The van der Waals surface area contributed by atoms with E-state index in [4.69, 9.17) is 0 Å². The van der Waals surface area contributed by atoms with Crippen LogP contribution in [0.5, 0.6) is 0 Å². The summed E-state index contributed by atoms with van der Waals surface area (Å²) in [6.07, 6.45) is 5.99. The zero-order valence-corrected chi connectivity index (χ0v) is 14.3. The minimum absolute atomic E-state index is 0.274. The molecule has 2 fully saturated rings. The molecule has 126 valence electrons. The van der Waals surface area contributed by atoms with E-state index in [1.54, 1.807) is 0 Å². The lowest BCUT2D eigenvalue weighted by Gasteiger charge is -2.38. The van der Waals surface area contributed by atoms with Gasteiger partial charge >= 0.3 is 0 Å². The van der Waals surface area contributed by atoms with Gasteiger partial charge in [-0.2, -0.15) is 0 Å². The number of piperazine rings is 1. The number of hydrogen-bond donors (Lipinski definition) is 0. The number of fused-ring (bicyclic) bond motifs is 1. The summed E-state index contributed by atoms with van der Waals surface area (Å²) in [5, 5.41) is 2.45. The molecule has 1 saturated heterocycles. The zero-order valence-electron chi connectivity index (χ0n) is 14.3. The highest BCUT2D eigenvalue weighted by molar-refractivity contribution is 5.85. The second kappa shape index (κ2) is 6.94. The summed E-state index contributed by atoms with van der Waals surface area (Å²) in [5.74, 6) is 0.274. The molecule has 0 radical (unpaired) electrons. The molecule has 2 aliphatic rings. The Balaban J connectivity index is 1.35. The van der Waals surface area contributed by atoms with Crippen molar-refractivity contribution in [1.82, 2.24) is 9.80 Å². The molecule has 2 aromatic carbocycles. The fraction of sp³-hybridized carbons (Fsp3) is 0.476. The van der Waals surface area contributed by atoms with Gasteiger partial charge in [0.15, 0.2) is 0 Å². The summed E-state index contributed by atoms with van der Waals surface area (Å²) in [4.78, 5) is 17.3. The molecule has 3 heteroatoms. The molecule has 0 atom stereocenters. The lowest BCUT2D eigenvalue weighted by atomic mass is 10.0. The van der Waals surface area contributed by atoms with Crippen LogP contribution in [0.4, 0.5) is 0 Å². The third-order valence-corrected chi connectivity index (χ3v) is 5.68. The van der Waals surface area contributed by atoms with Crippen LogP contribution in [-0.2, 0) is 11.2 Å². The van der Waals surface area contributed by atoms with Crippen LogP contribution in [0.15, 0.2) is 42.5 Å². The highest BCUT2D eigenvalue weighted by atomic mass is 16.2. The van der Waals surface area contributed by atoms with Crippen LogP contribution in [0, 0.1) is 0 Å². The number of carbonyl (C=O) groups is 1. The van der Waals surface area contributed by atoms with Crippen molar-refractivity contribution in [2.45, 2.75) is 38.1 Å². The van der Waals surface area contributed by atoms with Crippen molar-refractivity contribution in [3.8, 4) is 0 Å². The van der Waals surface area contributed by atoms with Crippen molar-refractivity contribution in [2.24, 2.45) is 0 Å². The average molecular weight is 322 g/mol. The highest BCUT2D eigenvalue weighted by Crippen LogP contribution is 2.24. The number of amides is 1. The highest BCUT2D eigenvalue weighted by Gasteiger charge is 2.27. The van der Waals surface area contributed by atoms with E-state index in [0.717, 1.165) is 37.8 Å². The van der Waals surface area contributed by atoms with Crippen molar-refractivity contribution >= 4 is 16.7 Å². The van der Waals surface area contributed by atoms with E-state index in [-0.39, 0.29) is 5.91 Å². The molecule has 0 unspecified atom stereocenters. The predicted octanol–water partition coefficient (Wildman–Crippen LogP) is 3.47. The number of benzene rings is 2.